The Morgan fingerprint density at radius 2 is 2.00 bits per heavy atom. The maximum atomic E-state index is 13.6. The van der Waals surface area contributed by atoms with E-state index >= 15 is 0 Å². The fourth-order valence-corrected chi connectivity index (χ4v) is 4.29. The molecule has 4 rings (SSSR count). The minimum absolute atomic E-state index is 0.145. The maximum absolute atomic E-state index is 13.6. The molecule has 0 saturated heterocycles. The Labute approximate surface area is 186 Å². The van der Waals surface area contributed by atoms with Gasteiger partial charge >= 0.3 is 5.97 Å². The summed E-state index contributed by atoms with van der Waals surface area (Å²) < 4.78 is 11.8. The first-order valence-electron chi connectivity index (χ1n) is 10.9. The number of fused-ring (bicyclic) bond motifs is 2. The number of para-hydroxylation sites is 2. The standard InChI is InChI=1S/C25H28N2O5/c1-4-31-20-11-7-9-18-21(25(29)30)27(24(28)22(15(2)3)32-23(18)20)13-12-16-14-26-19-10-6-5-8-17(16)19/h5-11,14-15,21-22,26H,4,12-13H2,1-3H3,(H,29,30). The number of nitrogens with zero attached hydrogens (tertiary/aromatic N) is 1. The predicted molar refractivity (Wildman–Crippen MR) is 121 cm³/mol. The number of H-pyrrole nitrogens is 1. The van der Waals surface area contributed by atoms with Crippen LogP contribution in [-0.4, -0.2) is 46.1 Å². The Balaban J connectivity index is 1.75. The molecule has 32 heavy (non-hydrogen) atoms. The van der Waals surface area contributed by atoms with E-state index in [1.54, 1.807) is 18.2 Å². The summed E-state index contributed by atoms with van der Waals surface area (Å²) in [5.41, 5.74) is 2.47. The van der Waals surface area contributed by atoms with Crippen LogP contribution in [0.15, 0.2) is 48.7 Å². The lowest BCUT2D eigenvalue weighted by molar-refractivity contribution is -0.153. The number of aromatic nitrogens is 1. The summed E-state index contributed by atoms with van der Waals surface area (Å²) in [7, 11) is 0. The predicted octanol–water partition coefficient (Wildman–Crippen LogP) is 4.18. The van der Waals surface area contributed by atoms with Gasteiger partial charge in [-0.15, -0.1) is 0 Å². The largest absolute Gasteiger partial charge is 0.490 e. The fourth-order valence-electron chi connectivity index (χ4n) is 4.29. The molecule has 0 aliphatic carbocycles. The van der Waals surface area contributed by atoms with Gasteiger partial charge in [-0.25, -0.2) is 4.79 Å². The van der Waals surface area contributed by atoms with E-state index in [9.17, 15) is 14.7 Å². The number of carboxylic acids is 1. The van der Waals surface area contributed by atoms with Crippen molar-refractivity contribution in [3.8, 4) is 11.5 Å². The zero-order chi connectivity index (χ0) is 22.8. The smallest absolute Gasteiger partial charge is 0.331 e. The van der Waals surface area contributed by atoms with E-state index in [2.05, 4.69) is 4.98 Å². The maximum Gasteiger partial charge on any atom is 0.331 e. The number of hydrogen-bond donors (Lipinski definition) is 2. The number of benzene rings is 2. The van der Waals surface area contributed by atoms with Crippen molar-refractivity contribution in [1.82, 2.24) is 9.88 Å². The molecule has 3 aromatic rings. The second-order valence-corrected chi connectivity index (χ2v) is 8.27. The summed E-state index contributed by atoms with van der Waals surface area (Å²) in [5.74, 6) is -0.782. The molecule has 2 atom stereocenters. The Bertz CT molecular complexity index is 1140. The molecule has 1 aliphatic heterocycles. The van der Waals surface area contributed by atoms with E-state index in [1.165, 1.54) is 4.90 Å². The third-order valence-corrected chi connectivity index (χ3v) is 5.82. The van der Waals surface area contributed by atoms with Gasteiger partial charge in [0.2, 0.25) is 0 Å². The number of ether oxygens (including phenoxy) is 2. The van der Waals surface area contributed by atoms with Crippen molar-refractivity contribution in [3.05, 3.63) is 59.8 Å². The van der Waals surface area contributed by atoms with Crippen LogP contribution in [0.2, 0.25) is 0 Å². The van der Waals surface area contributed by atoms with Crippen LogP contribution in [0.1, 0.15) is 37.9 Å². The molecule has 2 heterocycles. The van der Waals surface area contributed by atoms with Gasteiger partial charge in [0.1, 0.15) is 0 Å². The molecule has 0 radical (unpaired) electrons. The Morgan fingerprint density at radius 1 is 1.22 bits per heavy atom. The topological polar surface area (TPSA) is 91.9 Å². The van der Waals surface area contributed by atoms with Crippen molar-refractivity contribution in [2.24, 2.45) is 5.92 Å². The molecule has 1 aliphatic rings. The third-order valence-electron chi connectivity index (χ3n) is 5.82. The Hall–Kier alpha value is -3.48. The van der Waals surface area contributed by atoms with Gasteiger partial charge in [-0.1, -0.05) is 44.2 Å². The quantitative estimate of drug-likeness (QED) is 0.580. The third kappa shape index (κ3) is 3.90. The normalized spacial score (nSPS) is 18.4. The van der Waals surface area contributed by atoms with Gasteiger partial charge < -0.3 is 24.5 Å². The number of aliphatic carboxylic acids is 1. The van der Waals surface area contributed by atoms with Gasteiger partial charge in [-0.3, -0.25) is 4.79 Å². The molecule has 2 aromatic carbocycles. The summed E-state index contributed by atoms with van der Waals surface area (Å²) in [6.45, 7) is 6.29. The molecule has 0 spiro atoms. The number of nitrogens with one attached hydrogen (secondary N) is 1. The molecule has 7 nitrogen and oxygen atoms in total. The molecular formula is C25H28N2O5. The highest BCUT2D eigenvalue weighted by Crippen LogP contribution is 2.42. The SMILES string of the molecule is CCOc1cccc2c1OC(C(C)C)C(=O)N(CCc1c[nH]c3ccccc13)C2C(=O)O. The zero-order valence-electron chi connectivity index (χ0n) is 18.5. The van der Waals surface area contributed by atoms with E-state index in [-0.39, 0.29) is 18.4 Å². The lowest BCUT2D eigenvalue weighted by atomic mass is 10.0. The van der Waals surface area contributed by atoms with Crippen LogP contribution < -0.4 is 9.47 Å². The van der Waals surface area contributed by atoms with Crippen LogP contribution in [0, 0.1) is 5.92 Å². The average Bonchev–Trinajstić information content (AvgIpc) is 3.12. The number of carbonyl (C=O) groups excluding carboxylic acids is 1. The first kappa shape index (κ1) is 21.7. The summed E-state index contributed by atoms with van der Waals surface area (Å²) in [6, 6.07) is 11.9. The molecule has 1 aromatic heterocycles. The Morgan fingerprint density at radius 3 is 2.72 bits per heavy atom. The van der Waals surface area contributed by atoms with Crippen molar-refractivity contribution in [3.63, 3.8) is 0 Å². The lowest BCUT2D eigenvalue weighted by Crippen LogP contribution is -2.46. The van der Waals surface area contributed by atoms with Crippen molar-refractivity contribution < 1.29 is 24.2 Å². The van der Waals surface area contributed by atoms with Crippen LogP contribution >= 0.6 is 0 Å². The van der Waals surface area contributed by atoms with Crippen molar-refractivity contribution >= 4 is 22.8 Å². The highest BCUT2D eigenvalue weighted by molar-refractivity contribution is 5.90. The van der Waals surface area contributed by atoms with E-state index in [1.807, 2.05) is 51.2 Å². The molecule has 1 amide bonds. The van der Waals surface area contributed by atoms with Gasteiger partial charge in [0.25, 0.3) is 5.91 Å². The first-order valence-corrected chi connectivity index (χ1v) is 10.9. The van der Waals surface area contributed by atoms with Crippen LogP contribution in [0.25, 0.3) is 10.9 Å². The average molecular weight is 437 g/mol. The zero-order valence-corrected chi connectivity index (χ0v) is 18.5. The van der Waals surface area contributed by atoms with E-state index in [0.29, 0.717) is 30.1 Å². The van der Waals surface area contributed by atoms with Gasteiger partial charge in [0.05, 0.1) is 6.61 Å². The van der Waals surface area contributed by atoms with Crippen molar-refractivity contribution in [2.75, 3.05) is 13.2 Å². The number of amides is 1. The van der Waals surface area contributed by atoms with Gasteiger partial charge in [-0.2, -0.15) is 0 Å². The second-order valence-electron chi connectivity index (χ2n) is 8.27. The first-order chi connectivity index (χ1) is 15.4. The number of hydrogen-bond acceptors (Lipinski definition) is 4. The molecular weight excluding hydrogens is 408 g/mol. The minimum atomic E-state index is -1.16. The molecule has 2 unspecified atom stereocenters. The summed E-state index contributed by atoms with van der Waals surface area (Å²) in [6.07, 6.45) is 1.63. The van der Waals surface area contributed by atoms with Gasteiger partial charge in [0.15, 0.2) is 23.6 Å². The number of aromatic amines is 1. The summed E-state index contributed by atoms with van der Waals surface area (Å²) in [5, 5.41) is 11.2. The molecule has 168 valence electrons. The molecule has 7 heteroatoms. The highest BCUT2D eigenvalue weighted by Gasteiger charge is 2.42. The second kappa shape index (κ2) is 8.94. The molecule has 0 fully saturated rings. The number of carbonyl (C=O) groups is 2. The lowest BCUT2D eigenvalue weighted by Gasteiger charge is -2.29. The molecule has 2 N–H and O–H groups in total. The van der Waals surface area contributed by atoms with Crippen LogP contribution in [0.3, 0.4) is 0 Å². The number of rotatable bonds is 7. The minimum Gasteiger partial charge on any atom is -0.490 e. The van der Waals surface area contributed by atoms with E-state index < -0.39 is 18.1 Å². The van der Waals surface area contributed by atoms with Crippen LogP contribution in [0.5, 0.6) is 11.5 Å². The van der Waals surface area contributed by atoms with Crippen LogP contribution in [-0.2, 0) is 16.0 Å². The van der Waals surface area contributed by atoms with E-state index in [4.69, 9.17) is 9.47 Å². The fraction of sp³-hybridized carbons (Fsp3) is 0.360. The summed E-state index contributed by atoms with van der Waals surface area (Å²) in [4.78, 5) is 30.7. The van der Waals surface area contributed by atoms with Gasteiger partial charge in [-0.05, 0) is 37.0 Å². The summed E-state index contributed by atoms with van der Waals surface area (Å²) >= 11 is 0. The molecule has 0 saturated carbocycles. The van der Waals surface area contributed by atoms with Crippen molar-refractivity contribution in [1.29, 1.82) is 0 Å². The van der Waals surface area contributed by atoms with E-state index in [0.717, 1.165) is 16.5 Å². The Kier molecular flexibility index (Phi) is 6.08. The number of carboxylic acid groups (broad SMARTS) is 1. The van der Waals surface area contributed by atoms with Crippen LogP contribution in [0.4, 0.5) is 0 Å². The molecule has 0 bridgehead atoms. The monoisotopic (exact) mass is 436 g/mol. The highest BCUT2D eigenvalue weighted by atomic mass is 16.5. The van der Waals surface area contributed by atoms with Crippen molar-refractivity contribution in [2.45, 2.75) is 39.3 Å². The van der Waals surface area contributed by atoms with Gasteiger partial charge in [0, 0.05) is 29.2 Å².